The summed E-state index contributed by atoms with van der Waals surface area (Å²) in [6, 6.07) is 6.00. The maximum absolute atomic E-state index is 11.4. The molecular weight excluding hydrogens is 362 g/mol. The van der Waals surface area contributed by atoms with Crippen LogP contribution in [-0.4, -0.2) is 35.8 Å². The first-order chi connectivity index (χ1) is 12.9. The van der Waals surface area contributed by atoms with Crippen LogP contribution in [0.3, 0.4) is 0 Å². The van der Waals surface area contributed by atoms with Crippen LogP contribution in [0.5, 0.6) is 0 Å². The van der Waals surface area contributed by atoms with E-state index in [1.807, 2.05) is 26.0 Å². The highest BCUT2D eigenvalue weighted by atomic mass is 32.1. The summed E-state index contributed by atoms with van der Waals surface area (Å²) in [6.45, 7) is 6.03. The Balaban J connectivity index is 1.58. The van der Waals surface area contributed by atoms with Crippen molar-refractivity contribution in [2.75, 3.05) is 24.6 Å². The number of fused-ring (bicyclic) bond motifs is 2. The molecule has 6 nitrogen and oxygen atoms in total. The fourth-order valence-electron chi connectivity index (χ4n) is 4.18. The van der Waals surface area contributed by atoms with Crippen molar-refractivity contribution in [3.63, 3.8) is 0 Å². The maximum atomic E-state index is 11.4. The Kier molecular flexibility index (Phi) is 4.41. The minimum Gasteiger partial charge on any atom is -0.477 e. The Morgan fingerprint density at radius 2 is 2.11 bits per heavy atom. The lowest BCUT2D eigenvalue weighted by molar-refractivity contribution is -0.0757. The molecule has 0 radical (unpaired) electrons. The molecule has 4 rings (SSSR count). The number of rotatable bonds is 2. The Labute approximate surface area is 162 Å². The second kappa shape index (κ2) is 6.63. The number of piperidine rings is 1. The van der Waals surface area contributed by atoms with Gasteiger partial charge in [-0.15, -0.1) is 11.3 Å². The number of hydrogen-bond donors (Lipinski definition) is 1. The maximum Gasteiger partial charge on any atom is 0.345 e. The molecule has 1 spiro atoms. The molecule has 4 heterocycles. The molecule has 0 unspecified atom stereocenters. The van der Waals surface area contributed by atoms with E-state index in [0.717, 1.165) is 59.9 Å². The molecule has 1 saturated heterocycles. The number of carbonyl (C=O) groups is 1. The molecule has 0 atom stereocenters. The van der Waals surface area contributed by atoms with Gasteiger partial charge in [0.25, 0.3) is 0 Å². The molecule has 2 aliphatic heterocycles. The minimum absolute atomic E-state index is 0.384. The smallest absolute Gasteiger partial charge is 0.345 e. The van der Waals surface area contributed by atoms with Crippen LogP contribution in [0, 0.1) is 25.2 Å². The van der Waals surface area contributed by atoms with Crippen molar-refractivity contribution in [1.29, 1.82) is 5.26 Å². The van der Waals surface area contributed by atoms with Crippen molar-refractivity contribution < 1.29 is 14.6 Å². The summed E-state index contributed by atoms with van der Waals surface area (Å²) in [5, 5.41) is 18.6. The summed E-state index contributed by atoms with van der Waals surface area (Å²) in [4.78, 5) is 19.8. The Bertz CT molecular complexity index is 929. The van der Waals surface area contributed by atoms with Crippen molar-refractivity contribution in [2.45, 2.75) is 38.7 Å². The molecule has 7 heteroatoms. The highest BCUT2D eigenvalue weighted by molar-refractivity contribution is 7.14. The van der Waals surface area contributed by atoms with E-state index >= 15 is 0 Å². The van der Waals surface area contributed by atoms with Crippen molar-refractivity contribution >= 4 is 23.1 Å². The first-order valence-corrected chi connectivity index (χ1v) is 9.89. The van der Waals surface area contributed by atoms with Crippen molar-refractivity contribution in [1.82, 2.24) is 4.98 Å². The largest absolute Gasteiger partial charge is 0.477 e. The van der Waals surface area contributed by atoms with Gasteiger partial charge in [0.2, 0.25) is 0 Å². The van der Waals surface area contributed by atoms with E-state index in [4.69, 9.17) is 4.74 Å². The molecule has 1 fully saturated rings. The number of carboxylic acid groups (broad SMARTS) is 1. The van der Waals surface area contributed by atoms with E-state index in [1.54, 1.807) is 0 Å². The van der Waals surface area contributed by atoms with Crippen molar-refractivity contribution in [3.05, 3.63) is 44.3 Å². The van der Waals surface area contributed by atoms with Crippen LogP contribution < -0.4 is 4.90 Å². The van der Waals surface area contributed by atoms with Crippen LogP contribution in [0.1, 0.15) is 49.8 Å². The lowest BCUT2D eigenvalue weighted by Crippen LogP contribution is -2.46. The SMILES string of the molecule is Cc1cc(N2CCC3(CC2)OCCc2sc(C(=O)O)cc23)nc(C)c1C#N. The standard InChI is InChI=1S/C20H21N3O3S/c1-12-9-18(22-13(2)14(12)11-21)23-6-4-20(5-7-23)15-10-17(19(24)25)27-16(15)3-8-26-20/h9-10H,3-8H2,1-2H3,(H,24,25). The molecule has 2 aliphatic rings. The van der Waals surface area contributed by atoms with Crippen LogP contribution in [0.4, 0.5) is 5.82 Å². The summed E-state index contributed by atoms with van der Waals surface area (Å²) in [5.41, 5.74) is 3.03. The zero-order valence-corrected chi connectivity index (χ0v) is 16.2. The lowest BCUT2D eigenvalue weighted by atomic mass is 9.82. The van der Waals surface area contributed by atoms with Gasteiger partial charge in [0.15, 0.2) is 0 Å². The number of carboxylic acids is 1. The molecule has 27 heavy (non-hydrogen) atoms. The van der Waals surface area contributed by atoms with E-state index in [0.29, 0.717) is 17.0 Å². The summed E-state index contributed by atoms with van der Waals surface area (Å²) in [7, 11) is 0. The van der Waals surface area contributed by atoms with Crippen molar-refractivity contribution in [2.24, 2.45) is 0 Å². The average molecular weight is 383 g/mol. The highest BCUT2D eigenvalue weighted by Gasteiger charge is 2.42. The van der Waals surface area contributed by atoms with E-state index in [9.17, 15) is 15.2 Å². The second-order valence-corrected chi connectivity index (χ2v) is 8.34. The number of ether oxygens (including phenoxy) is 1. The van der Waals surface area contributed by atoms with E-state index in [1.165, 1.54) is 11.3 Å². The Morgan fingerprint density at radius 1 is 1.37 bits per heavy atom. The normalized spacial score (nSPS) is 18.2. The van der Waals surface area contributed by atoms with Gasteiger partial charge in [0.05, 0.1) is 23.5 Å². The Hall–Kier alpha value is -2.43. The third-order valence-electron chi connectivity index (χ3n) is 5.61. The van der Waals surface area contributed by atoms with Gasteiger partial charge in [-0.05, 0) is 49.9 Å². The molecule has 140 valence electrons. The number of aryl methyl sites for hydroxylation is 2. The van der Waals surface area contributed by atoms with Gasteiger partial charge in [-0.1, -0.05) is 0 Å². The molecule has 2 aromatic rings. The number of anilines is 1. The molecule has 0 aliphatic carbocycles. The van der Waals surface area contributed by atoms with Gasteiger partial charge >= 0.3 is 5.97 Å². The number of thiophene rings is 1. The quantitative estimate of drug-likeness (QED) is 0.855. The van der Waals surface area contributed by atoms with E-state index in [2.05, 4.69) is 16.0 Å². The lowest BCUT2D eigenvalue weighted by Gasteiger charge is -2.44. The fraction of sp³-hybridized carbons (Fsp3) is 0.450. The predicted molar refractivity (Wildman–Crippen MR) is 102 cm³/mol. The molecular formula is C20H21N3O3S. The zero-order chi connectivity index (χ0) is 19.2. The summed E-state index contributed by atoms with van der Waals surface area (Å²) >= 11 is 1.38. The first-order valence-electron chi connectivity index (χ1n) is 9.07. The molecule has 0 amide bonds. The monoisotopic (exact) mass is 383 g/mol. The van der Waals surface area contributed by atoms with Gasteiger partial charge in [-0.3, -0.25) is 0 Å². The van der Waals surface area contributed by atoms with Crippen molar-refractivity contribution in [3.8, 4) is 6.07 Å². The number of aromatic nitrogens is 1. The number of aromatic carboxylic acids is 1. The van der Waals surface area contributed by atoms with Gasteiger partial charge < -0.3 is 14.7 Å². The average Bonchev–Trinajstić information content (AvgIpc) is 3.08. The third kappa shape index (κ3) is 2.99. The Morgan fingerprint density at radius 3 is 2.74 bits per heavy atom. The van der Waals surface area contributed by atoms with Gasteiger partial charge in [-0.2, -0.15) is 5.26 Å². The third-order valence-corrected chi connectivity index (χ3v) is 6.79. The summed E-state index contributed by atoms with van der Waals surface area (Å²) in [6.07, 6.45) is 2.39. The van der Waals surface area contributed by atoms with Crippen LogP contribution >= 0.6 is 11.3 Å². The van der Waals surface area contributed by atoms with Crippen LogP contribution in [0.15, 0.2) is 12.1 Å². The molecule has 0 aromatic carbocycles. The van der Waals surface area contributed by atoms with Gasteiger partial charge in [0.1, 0.15) is 16.8 Å². The second-order valence-electron chi connectivity index (χ2n) is 7.20. The first kappa shape index (κ1) is 18.0. The van der Waals surface area contributed by atoms with Crippen LogP contribution in [-0.2, 0) is 16.8 Å². The van der Waals surface area contributed by atoms with Gasteiger partial charge in [0, 0.05) is 24.4 Å². The number of hydrogen-bond acceptors (Lipinski definition) is 6. The fourth-order valence-corrected chi connectivity index (χ4v) is 5.25. The highest BCUT2D eigenvalue weighted by Crippen LogP contribution is 2.45. The molecule has 0 saturated carbocycles. The summed E-state index contributed by atoms with van der Waals surface area (Å²) < 4.78 is 6.22. The van der Waals surface area contributed by atoms with Gasteiger partial charge in [-0.25, -0.2) is 9.78 Å². The predicted octanol–water partition coefficient (Wildman–Crippen LogP) is 3.40. The van der Waals surface area contributed by atoms with Crippen LogP contribution in [0.2, 0.25) is 0 Å². The van der Waals surface area contributed by atoms with E-state index < -0.39 is 5.97 Å². The minimum atomic E-state index is -0.866. The van der Waals surface area contributed by atoms with Crippen LogP contribution in [0.25, 0.3) is 0 Å². The van der Waals surface area contributed by atoms with E-state index in [-0.39, 0.29) is 5.60 Å². The molecule has 0 bridgehead atoms. The molecule has 1 N–H and O–H groups in total. The summed E-state index contributed by atoms with van der Waals surface area (Å²) in [5.74, 6) is 0.0288. The number of nitriles is 1. The topological polar surface area (TPSA) is 86.4 Å². The number of pyridine rings is 1. The molecule has 2 aromatic heterocycles. The number of nitrogens with zero attached hydrogens (tertiary/aromatic N) is 3. The zero-order valence-electron chi connectivity index (χ0n) is 15.4.